The number of nitriles is 1. The molecule has 1 aromatic carbocycles. The van der Waals surface area contributed by atoms with Crippen molar-refractivity contribution in [2.45, 2.75) is 13.0 Å². The molecule has 0 spiro atoms. The molecule has 1 atom stereocenters. The van der Waals surface area contributed by atoms with Gasteiger partial charge >= 0.3 is 0 Å². The minimum atomic E-state index is 0.0854. The number of pyridine rings is 1. The predicted octanol–water partition coefficient (Wildman–Crippen LogP) is 3.13. The smallest absolute Gasteiger partial charge is 0.118 e. The van der Waals surface area contributed by atoms with Gasteiger partial charge in [-0.3, -0.25) is 4.98 Å². The fourth-order valence-electron chi connectivity index (χ4n) is 1.82. The summed E-state index contributed by atoms with van der Waals surface area (Å²) in [7, 11) is 1.64. The van der Waals surface area contributed by atoms with Crippen molar-refractivity contribution in [3.8, 4) is 11.8 Å². The van der Waals surface area contributed by atoms with Gasteiger partial charge in [-0.15, -0.1) is 0 Å². The topological polar surface area (TPSA) is 57.9 Å². The van der Waals surface area contributed by atoms with E-state index in [2.05, 4.69) is 16.4 Å². The van der Waals surface area contributed by atoms with E-state index in [0.29, 0.717) is 5.56 Å². The van der Waals surface area contributed by atoms with Gasteiger partial charge in [0.25, 0.3) is 0 Å². The minimum absolute atomic E-state index is 0.0854. The molecule has 1 N–H and O–H groups in total. The Labute approximate surface area is 112 Å². The summed E-state index contributed by atoms with van der Waals surface area (Å²) >= 11 is 0. The van der Waals surface area contributed by atoms with Gasteiger partial charge in [0.1, 0.15) is 11.8 Å². The summed E-state index contributed by atoms with van der Waals surface area (Å²) in [6.45, 7) is 2.04. The lowest BCUT2D eigenvalue weighted by molar-refractivity contribution is 0.414. The highest BCUT2D eigenvalue weighted by molar-refractivity contribution is 5.56. The molecule has 0 aliphatic rings. The average Bonchev–Trinajstić information content (AvgIpc) is 2.48. The monoisotopic (exact) mass is 253 g/mol. The third-order valence-corrected chi connectivity index (χ3v) is 2.93. The first-order valence-electron chi connectivity index (χ1n) is 5.99. The van der Waals surface area contributed by atoms with Crippen LogP contribution in [0.25, 0.3) is 0 Å². The van der Waals surface area contributed by atoms with Gasteiger partial charge in [0.05, 0.1) is 24.6 Å². The molecule has 0 saturated heterocycles. The molecule has 19 heavy (non-hydrogen) atoms. The number of nitrogens with one attached hydrogen (secondary N) is 1. The summed E-state index contributed by atoms with van der Waals surface area (Å²) in [6.07, 6.45) is 3.28. The van der Waals surface area contributed by atoms with E-state index in [9.17, 15) is 0 Å². The van der Waals surface area contributed by atoms with Gasteiger partial charge in [0.2, 0.25) is 0 Å². The van der Waals surface area contributed by atoms with Gasteiger partial charge in [0, 0.05) is 12.2 Å². The Morgan fingerprint density at radius 2 is 2.00 bits per heavy atom. The third-order valence-electron chi connectivity index (χ3n) is 2.93. The molecule has 2 aromatic rings. The van der Waals surface area contributed by atoms with Crippen LogP contribution in [0.2, 0.25) is 0 Å². The number of nitrogens with zero attached hydrogens (tertiary/aromatic N) is 2. The molecular weight excluding hydrogens is 238 g/mol. The van der Waals surface area contributed by atoms with Gasteiger partial charge in [-0.2, -0.15) is 5.26 Å². The average molecular weight is 253 g/mol. The highest BCUT2D eigenvalue weighted by Gasteiger charge is 2.08. The summed E-state index contributed by atoms with van der Waals surface area (Å²) in [6, 6.07) is 11.8. The van der Waals surface area contributed by atoms with Gasteiger partial charge < -0.3 is 10.1 Å². The molecule has 0 radical (unpaired) electrons. The minimum Gasteiger partial charge on any atom is -0.497 e. The fourth-order valence-corrected chi connectivity index (χ4v) is 1.82. The predicted molar refractivity (Wildman–Crippen MR) is 74.0 cm³/mol. The van der Waals surface area contributed by atoms with Crippen LogP contribution in [0, 0.1) is 11.3 Å². The maximum absolute atomic E-state index is 9.04. The molecule has 0 amide bonds. The van der Waals surface area contributed by atoms with Crippen LogP contribution in [0.15, 0.2) is 42.7 Å². The molecule has 2 rings (SSSR count). The number of hydrogen-bond acceptors (Lipinski definition) is 4. The van der Waals surface area contributed by atoms with E-state index in [1.54, 1.807) is 25.6 Å². The van der Waals surface area contributed by atoms with Gasteiger partial charge in [-0.25, -0.2) is 0 Å². The van der Waals surface area contributed by atoms with Crippen LogP contribution < -0.4 is 10.1 Å². The van der Waals surface area contributed by atoms with Crippen molar-refractivity contribution in [1.82, 2.24) is 4.98 Å². The Morgan fingerprint density at radius 1 is 1.26 bits per heavy atom. The Balaban J connectivity index is 2.16. The molecule has 4 heteroatoms. The van der Waals surface area contributed by atoms with Gasteiger partial charge in [-0.05, 0) is 30.7 Å². The third kappa shape index (κ3) is 3.02. The summed E-state index contributed by atoms with van der Waals surface area (Å²) in [5, 5.41) is 12.3. The maximum atomic E-state index is 9.04. The van der Waals surface area contributed by atoms with Gasteiger partial charge in [0.15, 0.2) is 0 Å². The number of anilines is 1. The zero-order valence-corrected chi connectivity index (χ0v) is 10.9. The van der Waals surface area contributed by atoms with Crippen molar-refractivity contribution >= 4 is 5.69 Å². The molecule has 0 aliphatic heterocycles. The van der Waals surface area contributed by atoms with E-state index < -0.39 is 0 Å². The van der Waals surface area contributed by atoms with Crippen LogP contribution >= 0.6 is 0 Å². The number of rotatable bonds is 4. The normalized spacial score (nSPS) is 11.4. The van der Waals surface area contributed by atoms with E-state index in [0.717, 1.165) is 17.0 Å². The molecule has 1 aromatic heterocycles. The van der Waals surface area contributed by atoms with Crippen LogP contribution in [0.5, 0.6) is 5.75 Å². The van der Waals surface area contributed by atoms with Crippen LogP contribution in [-0.4, -0.2) is 12.1 Å². The number of methoxy groups -OCH3 is 1. The van der Waals surface area contributed by atoms with Crippen molar-refractivity contribution < 1.29 is 4.74 Å². The van der Waals surface area contributed by atoms with Crippen LogP contribution in [0.3, 0.4) is 0 Å². The molecule has 96 valence electrons. The summed E-state index contributed by atoms with van der Waals surface area (Å²) < 4.78 is 5.13. The summed E-state index contributed by atoms with van der Waals surface area (Å²) in [4.78, 5) is 4.03. The molecular formula is C15H15N3O. The van der Waals surface area contributed by atoms with Crippen molar-refractivity contribution in [3.05, 3.63) is 53.9 Å². The first-order valence-corrected chi connectivity index (χ1v) is 5.99. The lowest BCUT2D eigenvalue weighted by Gasteiger charge is -2.16. The van der Waals surface area contributed by atoms with Crippen molar-refractivity contribution in [2.24, 2.45) is 0 Å². The SMILES string of the molecule is COc1ccc(C(C)Nc2cnccc2C#N)cc1. The number of aromatic nitrogens is 1. The van der Waals surface area contributed by atoms with Crippen LogP contribution in [0.1, 0.15) is 24.1 Å². The van der Waals surface area contributed by atoms with Crippen molar-refractivity contribution in [1.29, 1.82) is 5.26 Å². The number of benzene rings is 1. The Morgan fingerprint density at radius 3 is 2.63 bits per heavy atom. The molecule has 0 aliphatic carbocycles. The molecule has 0 fully saturated rings. The second kappa shape index (κ2) is 5.87. The van der Waals surface area contributed by atoms with Gasteiger partial charge in [-0.1, -0.05) is 12.1 Å². The molecule has 0 saturated carbocycles. The van der Waals surface area contributed by atoms with E-state index >= 15 is 0 Å². The highest BCUT2D eigenvalue weighted by Crippen LogP contribution is 2.22. The molecule has 1 heterocycles. The quantitative estimate of drug-likeness (QED) is 0.909. The number of ether oxygens (including phenoxy) is 1. The Kier molecular flexibility index (Phi) is 3.99. The zero-order valence-electron chi connectivity index (χ0n) is 10.9. The second-order valence-electron chi connectivity index (χ2n) is 4.17. The van der Waals surface area contributed by atoms with E-state index in [1.807, 2.05) is 31.2 Å². The summed E-state index contributed by atoms with van der Waals surface area (Å²) in [5.41, 5.74) is 2.46. The molecule has 0 bridgehead atoms. The van der Waals surface area contributed by atoms with E-state index in [1.165, 1.54) is 0 Å². The first-order chi connectivity index (χ1) is 9.24. The Hall–Kier alpha value is -2.54. The van der Waals surface area contributed by atoms with Crippen molar-refractivity contribution in [2.75, 3.05) is 12.4 Å². The fraction of sp³-hybridized carbons (Fsp3) is 0.200. The highest BCUT2D eigenvalue weighted by atomic mass is 16.5. The van der Waals surface area contributed by atoms with Crippen LogP contribution in [-0.2, 0) is 0 Å². The Bertz CT molecular complexity index is 587. The lowest BCUT2D eigenvalue weighted by atomic mass is 10.1. The first kappa shape index (κ1) is 12.9. The second-order valence-corrected chi connectivity index (χ2v) is 4.17. The lowest BCUT2D eigenvalue weighted by Crippen LogP contribution is -2.08. The van der Waals surface area contributed by atoms with Crippen LogP contribution in [0.4, 0.5) is 5.69 Å². The maximum Gasteiger partial charge on any atom is 0.118 e. The standard InChI is InChI=1S/C15H15N3O/c1-11(12-3-5-14(19-2)6-4-12)18-15-10-17-8-7-13(15)9-16/h3-8,10-11,18H,1-2H3. The van der Waals surface area contributed by atoms with E-state index in [4.69, 9.17) is 10.00 Å². The number of hydrogen-bond donors (Lipinski definition) is 1. The van der Waals surface area contributed by atoms with Crippen molar-refractivity contribution in [3.63, 3.8) is 0 Å². The largest absolute Gasteiger partial charge is 0.497 e. The zero-order chi connectivity index (χ0) is 13.7. The molecule has 1 unspecified atom stereocenters. The summed E-state index contributed by atoms with van der Waals surface area (Å²) in [5.74, 6) is 0.829. The molecule has 4 nitrogen and oxygen atoms in total. The van der Waals surface area contributed by atoms with E-state index in [-0.39, 0.29) is 6.04 Å².